The van der Waals surface area contributed by atoms with Gasteiger partial charge in [0, 0.05) is 31.1 Å². The number of nitrogens with zero attached hydrogens (tertiary/aromatic N) is 1. The Hall–Kier alpha value is -0.570. The highest BCUT2D eigenvalue weighted by Crippen LogP contribution is 2.33. The molecule has 3 rings (SSSR count). The van der Waals surface area contributed by atoms with Crippen molar-refractivity contribution in [1.29, 1.82) is 0 Å². The number of hydrogen-bond donors (Lipinski definition) is 1. The summed E-state index contributed by atoms with van der Waals surface area (Å²) < 4.78 is 0. The highest BCUT2D eigenvalue weighted by atomic mass is 16.2. The van der Waals surface area contributed by atoms with E-state index in [9.17, 15) is 4.79 Å². The van der Waals surface area contributed by atoms with Crippen LogP contribution in [0.2, 0.25) is 0 Å². The Morgan fingerprint density at radius 3 is 2.42 bits per heavy atom. The van der Waals surface area contributed by atoms with Gasteiger partial charge in [0.1, 0.15) is 0 Å². The largest absolute Gasteiger partial charge is 0.340 e. The average molecular weight is 264 g/mol. The molecule has 0 aromatic carbocycles. The number of hydrogen-bond acceptors (Lipinski definition) is 2. The molecule has 0 aromatic rings. The molecule has 3 aliphatic rings. The first-order valence-corrected chi connectivity index (χ1v) is 8.17. The van der Waals surface area contributed by atoms with Gasteiger partial charge < -0.3 is 10.2 Å². The van der Waals surface area contributed by atoms with Crippen LogP contribution >= 0.6 is 0 Å². The molecule has 0 aliphatic carbocycles. The maximum Gasteiger partial charge on any atom is 0.223 e. The van der Waals surface area contributed by atoms with E-state index >= 15 is 0 Å². The fourth-order valence-electron chi connectivity index (χ4n) is 4.48. The van der Waals surface area contributed by atoms with Crippen LogP contribution in [0.15, 0.2) is 0 Å². The van der Waals surface area contributed by atoms with E-state index in [4.69, 9.17) is 0 Å². The smallest absolute Gasteiger partial charge is 0.223 e. The van der Waals surface area contributed by atoms with Crippen LogP contribution in [-0.2, 0) is 4.79 Å². The summed E-state index contributed by atoms with van der Waals surface area (Å²) in [5.41, 5.74) is 0. The second-order valence-corrected chi connectivity index (χ2v) is 7.25. The number of piperidine rings is 2. The maximum absolute atomic E-state index is 12.5. The highest BCUT2D eigenvalue weighted by molar-refractivity contribution is 5.77. The molecule has 1 N–H and O–H groups in total. The molecule has 3 heteroatoms. The van der Waals surface area contributed by atoms with Crippen LogP contribution in [0, 0.1) is 11.8 Å². The summed E-state index contributed by atoms with van der Waals surface area (Å²) in [6.07, 6.45) is 8.27. The van der Waals surface area contributed by atoms with Crippen LogP contribution in [0.4, 0.5) is 0 Å². The van der Waals surface area contributed by atoms with Gasteiger partial charge in [-0.1, -0.05) is 6.92 Å². The van der Waals surface area contributed by atoms with Crippen LogP contribution in [-0.4, -0.2) is 35.5 Å². The maximum atomic E-state index is 12.5. The summed E-state index contributed by atoms with van der Waals surface area (Å²) in [6.45, 7) is 5.52. The molecular weight excluding hydrogens is 236 g/mol. The Bertz CT molecular complexity index is 332. The molecule has 2 bridgehead atoms. The number of rotatable bonds is 2. The summed E-state index contributed by atoms with van der Waals surface area (Å²) in [5.74, 6) is 1.84. The molecule has 0 aromatic heterocycles. The molecule has 19 heavy (non-hydrogen) atoms. The Morgan fingerprint density at radius 1 is 1.11 bits per heavy atom. The second kappa shape index (κ2) is 5.43. The normalized spacial score (nSPS) is 42.4. The van der Waals surface area contributed by atoms with Crippen molar-refractivity contribution in [1.82, 2.24) is 10.2 Å². The fourth-order valence-corrected chi connectivity index (χ4v) is 4.48. The third kappa shape index (κ3) is 2.96. The van der Waals surface area contributed by atoms with E-state index in [1.165, 1.54) is 38.5 Å². The Balaban J connectivity index is 1.53. The molecule has 0 saturated carbocycles. The van der Waals surface area contributed by atoms with Gasteiger partial charge in [0.2, 0.25) is 5.91 Å². The van der Waals surface area contributed by atoms with E-state index in [-0.39, 0.29) is 0 Å². The third-order valence-electron chi connectivity index (χ3n) is 5.49. The molecule has 0 spiro atoms. The highest BCUT2D eigenvalue weighted by Gasteiger charge is 2.35. The van der Waals surface area contributed by atoms with Gasteiger partial charge in [0.05, 0.1) is 0 Å². The average Bonchev–Trinajstić information content (AvgIpc) is 2.68. The molecule has 1 amide bonds. The number of fused-ring (bicyclic) bond motifs is 2. The van der Waals surface area contributed by atoms with Gasteiger partial charge in [0.25, 0.3) is 0 Å². The van der Waals surface area contributed by atoms with Crippen molar-refractivity contribution in [3.8, 4) is 0 Å². The van der Waals surface area contributed by atoms with E-state index in [1.54, 1.807) is 0 Å². The van der Waals surface area contributed by atoms with Gasteiger partial charge in [-0.2, -0.15) is 0 Å². The molecule has 4 unspecified atom stereocenters. The summed E-state index contributed by atoms with van der Waals surface area (Å²) in [6, 6.07) is 1.86. The predicted octanol–water partition coefficient (Wildman–Crippen LogP) is 2.55. The van der Waals surface area contributed by atoms with Crippen LogP contribution in [0.5, 0.6) is 0 Å². The number of carbonyl (C=O) groups is 1. The number of carbonyl (C=O) groups excluding carboxylic acids is 1. The Morgan fingerprint density at radius 2 is 1.79 bits per heavy atom. The van der Waals surface area contributed by atoms with Crippen molar-refractivity contribution in [2.75, 3.05) is 6.54 Å². The standard InChI is InChI=1S/C16H28N2O/c1-11-5-6-18(12(2)7-11)16(19)10-13-8-14-3-4-15(9-13)17-14/h11-15,17H,3-10H2,1-2H3. The van der Waals surface area contributed by atoms with E-state index in [1.807, 2.05) is 0 Å². The zero-order chi connectivity index (χ0) is 13.4. The van der Waals surface area contributed by atoms with Crippen molar-refractivity contribution in [2.24, 2.45) is 11.8 Å². The number of amides is 1. The summed E-state index contributed by atoms with van der Waals surface area (Å²) in [5, 5.41) is 3.66. The van der Waals surface area contributed by atoms with Gasteiger partial charge >= 0.3 is 0 Å². The Kier molecular flexibility index (Phi) is 3.84. The lowest BCUT2D eigenvalue weighted by Gasteiger charge is -2.38. The molecule has 4 atom stereocenters. The zero-order valence-corrected chi connectivity index (χ0v) is 12.4. The van der Waals surface area contributed by atoms with Gasteiger partial charge in [0.15, 0.2) is 0 Å². The molecule has 3 fully saturated rings. The third-order valence-corrected chi connectivity index (χ3v) is 5.49. The van der Waals surface area contributed by atoms with E-state index in [0.29, 0.717) is 30.0 Å². The van der Waals surface area contributed by atoms with E-state index in [0.717, 1.165) is 18.9 Å². The number of nitrogens with one attached hydrogen (secondary N) is 1. The van der Waals surface area contributed by atoms with Crippen LogP contribution in [0.1, 0.15) is 58.8 Å². The first kappa shape index (κ1) is 13.4. The monoisotopic (exact) mass is 264 g/mol. The summed E-state index contributed by atoms with van der Waals surface area (Å²) in [4.78, 5) is 14.7. The SMILES string of the molecule is CC1CCN(C(=O)CC2CC3CCC(C2)N3)C(C)C1. The van der Waals surface area contributed by atoms with Crippen LogP contribution in [0.3, 0.4) is 0 Å². The van der Waals surface area contributed by atoms with Crippen molar-refractivity contribution in [2.45, 2.75) is 76.9 Å². The van der Waals surface area contributed by atoms with E-state index in [2.05, 4.69) is 24.1 Å². The lowest BCUT2D eigenvalue weighted by Crippen LogP contribution is -2.46. The molecular formula is C16H28N2O. The quantitative estimate of drug-likeness (QED) is 0.831. The molecule has 3 heterocycles. The van der Waals surface area contributed by atoms with Gasteiger partial charge in [-0.15, -0.1) is 0 Å². The topological polar surface area (TPSA) is 32.3 Å². The minimum Gasteiger partial charge on any atom is -0.340 e. The summed E-state index contributed by atoms with van der Waals surface area (Å²) >= 11 is 0. The predicted molar refractivity (Wildman–Crippen MR) is 76.9 cm³/mol. The van der Waals surface area contributed by atoms with E-state index < -0.39 is 0 Å². The van der Waals surface area contributed by atoms with Crippen LogP contribution in [0.25, 0.3) is 0 Å². The van der Waals surface area contributed by atoms with Crippen molar-refractivity contribution in [3.63, 3.8) is 0 Å². The minimum atomic E-state index is 0.422. The molecule has 108 valence electrons. The lowest BCUT2D eigenvalue weighted by molar-refractivity contribution is -0.136. The van der Waals surface area contributed by atoms with Gasteiger partial charge in [-0.05, 0) is 57.3 Å². The van der Waals surface area contributed by atoms with Crippen molar-refractivity contribution < 1.29 is 4.79 Å². The first-order chi connectivity index (χ1) is 9.11. The number of likely N-dealkylation sites (tertiary alicyclic amines) is 1. The van der Waals surface area contributed by atoms with Gasteiger partial charge in [-0.25, -0.2) is 0 Å². The minimum absolute atomic E-state index is 0.422. The second-order valence-electron chi connectivity index (χ2n) is 7.25. The Labute approximate surface area is 117 Å². The lowest BCUT2D eigenvalue weighted by atomic mass is 9.88. The molecule has 3 aliphatic heterocycles. The summed E-state index contributed by atoms with van der Waals surface area (Å²) in [7, 11) is 0. The van der Waals surface area contributed by atoms with Crippen LogP contribution < -0.4 is 5.32 Å². The molecule has 3 nitrogen and oxygen atoms in total. The van der Waals surface area contributed by atoms with Crippen molar-refractivity contribution in [3.05, 3.63) is 0 Å². The molecule has 0 radical (unpaired) electrons. The zero-order valence-electron chi connectivity index (χ0n) is 12.4. The van der Waals surface area contributed by atoms with Crippen molar-refractivity contribution >= 4 is 5.91 Å². The first-order valence-electron chi connectivity index (χ1n) is 8.17. The fraction of sp³-hybridized carbons (Fsp3) is 0.938. The molecule has 3 saturated heterocycles. The van der Waals surface area contributed by atoms with Gasteiger partial charge in [-0.3, -0.25) is 4.79 Å².